The fourth-order valence-electron chi connectivity index (χ4n) is 2.28. The third-order valence-corrected chi connectivity index (χ3v) is 4.70. The average Bonchev–Trinajstić information content (AvgIpc) is 2.87. The Labute approximate surface area is 132 Å². The van der Waals surface area contributed by atoms with Crippen molar-refractivity contribution in [2.24, 2.45) is 11.5 Å². The number of hydrogen-bond donors (Lipinski definition) is 2. The summed E-state index contributed by atoms with van der Waals surface area (Å²) in [6.45, 7) is 0.496. The summed E-state index contributed by atoms with van der Waals surface area (Å²) in [4.78, 5) is 22.3. The van der Waals surface area contributed by atoms with Crippen molar-refractivity contribution in [3.63, 3.8) is 0 Å². The fraction of sp³-hybridized carbons (Fsp3) is 0.133. The van der Waals surface area contributed by atoms with E-state index in [1.54, 1.807) is 18.6 Å². The van der Waals surface area contributed by atoms with Gasteiger partial charge in [0.25, 0.3) is 5.91 Å². The number of carbonyl (C=O) groups excluding carboxylic acids is 1. The van der Waals surface area contributed by atoms with E-state index in [2.05, 4.69) is 9.97 Å². The lowest BCUT2D eigenvalue weighted by Crippen LogP contribution is -2.28. The Bertz CT molecular complexity index is 704. The third-order valence-electron chi connectivity index (χ3n) is 3.31. The average molecular weight is 313 g/mol. The molecule has 0 aliphatic carbocycles. The zero-order chi connectivity index (χ0) is 15.5. The first-order valence-electron chi connectivity index (χ1n) is 6.69. The van der Waals surface area contributed by atoms with Crippen molar-refractivity contribution in [3.8, 4) is 0 Å². The number of hydrogen-bond acceptors (Lipinski definition) is 6. The normalized spacial score (nSPS) is 17.8. The van der Waals surface area contributed by atoms with E-state index in [4.69, 9.17) is 11.5 Å². The Balaban J connectivity index is 1.94. The van der Waals surface area contributed by atoms with Gasteiger partial charge < -0.3 is 16.4 Å². The summed E-state index contributed by atoms with van der Waals surface area (Å²) in [6, 6.07) is 9.50. The van der Waals surface area contributed by atoms with Crippen LogP contribution in [0.1, 0.15) is 16.6 Å². The highest BCUT2D eigenvalue weighted by molar-refractivity contribution is 8.04. The Hall–Kier alpha value is -2.54. The Morgan fingerprint density at radius 2 is 2.14 bits per heavy atom. The molecule has 3 rings (SSSR count). The first kappa shape index (κ1) is 14.4. The topological polar surface area (TPSA) is 98.1 Å². The second kappa shape index (κ2) is 6.07. The lowest BCUT2D eigenvalue weighted by molar-refractivity contribution is -0.114. The number of aromatic nitrogens is 2. The Morgan fingerprint density at radius 3 is 2.77 bits per heavy atom. The van der Waals surface area contributed by atoms with Gasteiger partial charge in [0.2, 0.25) is 0 Å². The summed E-state index contributed by atoms with van der Waals surface area (Å²) >= 11 is 1.35. The first-order valence-corrected chi connectivity index (χ1v) is 7.57. The summed E-state index contributed by atoms with van der Waals surface area (Å²) in [5.41, 5.74) is 13.4. The van der Waals surface area contributed by atoms with Crippen LogP contribution in [0.25, 0.3) is 0 Å². The molecule has 1 aliphatic rings. The maximum Gasteiger partial charge on any atom is 0.258 e. The summed E-state index contributed by atoms with van der Waals surface area (Å²) in [6.07, 6.45) is 5.20. The van der Waals surface area contributed by atoms with Crippen molar-refractivity contribution in [2.45, 2.75) is 11.9 Å². The molecule has 112 valence electrons. The number of pyridine rings is 2. The highest BCUT2D eigenvalue weighted by atomic mass is 32.2. The van der Waals surface area contributed by atoms with Crippen LogP contribution in [0.4, 0.5) is 0 Å². The highest BCUT2D eigenvalue weighted by Gasteiger charge is 2.35. The van der Waals surface area contributed by atoms with Gasteiger partial charge in [-0.1, -0.05) is 23.9 Å². The minimum absolute atomic E-state index is 0.141. The Morgan fingerprint density at radius 1 is 1.27 bits per heavy atom. The van der Waals surface area contributed by atoms with Gasteiger partial charge in [-0.05, 0) is 18.2 Å². The molecule has 0 radical (unpaired) electrons. The molecule has 0 saturated carbocycles. The second-order valence-electron chi connectivity index (χ2n) is 4.78. The molecule has 1 unspecified atom stereocenters. The molecule has 7 heteroatoms. The number of thioether (sulfide) groups is 1. The summed E-state index contributed by atoms with van der Waals surface area (Å²) in [5.74, 6) is -0.128. The van der Waals surface area contributed by atoms with Crippen LogP contribution in [0.5, 0.6) is 0 Å². The van der Waals surface area contributed by atoms with Crippen LogP contribution in [0.3, 0.4) is 0 Å². The molecule has 2 aromatic rings. The summed E-state index contributed by atoms with van der Waals surface area (Å²) < 4.78 is 0. The number of amides is 1. The zero-order valence-corrected chi connectivity index (χ0v) is 12.5. The SMILES string of the molecule is NC(=O)C1=C(N)N(Cc2ccccn2)C(c2cccnc2)S1. The van der Waals surface area contributed by atoms with Gasteiger partial charge in [0, 0.05) is 24.2 Å². The van der Waals surface area contributed by atoms with Crippen LogP contribution in [-0.4, -0.2) is 20.8 Å². The largest absolute Gasteiger partial charge is 0.384 e. The number of rotatable bonds is 4. The molecule has 0 bridgehead atoms. The molecular formula is C15H15N5OS. The van der Waals surface area contributed by atoms with Crippen molar-refractivity contribution in [1.82, 2.24) is 14.9 Å². The van der Waals surface area contributed by atoms with E-state index in [9.17, 15) is 4.79 Å². The van der Waals surface area contributed by atoms with E-state index in [-0.39, 0.29) is 5.37 Å². The second-order valence-corrected chi connectivity index (χ2v) is 5.87. The quantitative estimate of drug-likeness (QED) is 0.884. The van der Waals surface area contributed by atoms with Crippen molar-refractivity contribution in [1.29, 1.82) is 0 Å². The fourth-order valence-corrected chi connectivity index (χ4v) is 3.45. The van der Waals surface area contributed by atoms with Crippen molar-refractivity contribution >= 4 is 17.7 Å². The molecule has 0 fully saturated rings. The van der Waals surface area contributed by atoms with Gasteiger partial charge in [0.15, 0.2) is 0 Å². The lowest BCUT2D eigenvalue weighted by Gasteiger charge is -2.26. The van der Waals surface area contributed by atoms with Crippen molar-refractivity contribution < 1.29 is 4.79 Å². The van der Waals surface area contributed by atoms with E-state index in [1.165, 1.54) is 11.8 Å². The van der Waals surface area contributed by atoms with Crippen LogP contribution in [-0.2, 0) is 11.3 Å². The molecule has 1 aliphatic heterocycles. The molecule has 2 aromatic heterocycles. The molecule has 0 saturated heterocycles. The highest BCUT2D eigenvalue weighted by Crippen LogP contribution is 2.46. The summed E-state index contributed by atoms with van der Waals surface area (Å²) in [7, 11) is 0. The molecule has 0 spiro atoms. The predicted octanol–water partition coefficient (Wildman–Crippen LogP) is 1.34. The number of nitrogens with two attached hydrogens (primary N) is 2. The van der Waals surface area contributed by atoms with E-state index in [1.807, 2.05) is 35.2 Å². The van der Waals surface area contributed by atoms with Gasteiger partial charge in [0.1, 0.15) is 16.1 Å². The molecule has 4 N–H and O–H groups in total. The predicted molar refractivity (Wildman–Crippen MR) is 84.8 cm³/mol. The van der Waals surface area contributed by atoms with Gasteiger partial charge in [-0.3, -0.25) is 14.8 Å². The molecule has 1 atom stereocenters. The van der Waals surface area contributed by atoms with Crippen molar-refractivity contribution in [3.05, 3.63) is 70.9 Å². The lowest BCUT2D eigenvalue weighted by atomic mass is 10.2. The molecule has 0 aromatic carbocycles. The monoisotopic (exact) mass is 313 g/mol. The van der Waals surface area contributed by atoms with E-state index in [0.29, 0.717) is 17.3 Å². The van der Waals surface area contributed by atoms with Crippen molar-refractivity contribution in [2.75, 3.05) is 0 Å². The molecule has 6 nitrogen and oxygen atoms in total. The van der Waals surface area contributed by atoms with Gasteiger partial charge in [-0.25, -0.2) is 0 Å². The minimum Gasteiger partial charge on any atom is -0.384 e. The maximum absolute atomic E-state index is 11.6. The van der Waals surface area contributed by atoms with Crippen LogP contribution < -0.4 is 11.5 Å². The van der Waals surface area contributed by atoms with Gasteiger partial charge >= 0.3 is 0 Å². The smallest absolute Gasteiger partial charge is 0.258 e. The summed E-state index contributed by atoms with van der Waals surface area (Å²) in [5, 5.41) is -0.141. The standard InChI is InChI=1S/C15H15N5OS/c16-13-12(14(17)21)22-15(10-4-3-6-18-8-10)20(13)9-11-5-1-2-7-19-11/h1-8,15H,9,16H2,(H2,17,21). The van der Waals surface area contributed by atoms with Gasteiger partial charge in [-0.15, -0.1) is 0 Å². The van der Waals surface area contributed by atoms with Gasteiger partial charge in [-0.2, -0.15) is 0 Å². The number of carbonyl (C=O) groups is 1. The first-order chi connectivity index (χ1) is 10.7. The van der Waals surface area contributed by atoms with Crippen LogP contribution in [0.2, 0.25) is 0 Å². The van der Waals surface area contributed by atoms with E-state index < -0.39 is 5.91 Å². The molecule has 1 amide bonds. The van der Waals surface area contributed by atoms with Crippen LogP contribution in [0, 0.1) is 0 Å². The number of primary amides is 1. The molecule has 3 heterocycles. The minimum atomic E-state index is -0.514. The molecular weight excluding hydrogens is 298 g/mol. The van der Waals surface area contributed by atoms with E-state index >= 15 is 0 Å². The van der Waals surface area contributed by atoms with Gasteiger partial charge in [0.05, 0.1) is 12.2 Å². The van der Waals surface area contributed by atoms with E-state index in [0.717, 1.165) is 11.3 Å². The maximum atomic E-state index is 11.6. The zero-order valence-electron chi connectivity index (χ0n) is 11.7. The third kappa shape index (κ3) is 2.75. The Kier molecular flexibility index (Phi) is 3.97. The van der Waals surface area contributed by atoms with Crippen LogP contribution in [0.15, 0.2) is 59.6 Å². The van der Waals surface area contributed by atoms with Crippen LogP contribution >= 0.6 is 11.8 Å². The number of nitrogens with zero attached hydrogens (tertiary/aromatic N) is 3. The molecule has 22 heavy (non-hydrogen) atoms.